The normalized spacial score (nSPS) is 12.8. The molecular weight excluding hydrogens is 572 g/mol. The second-order valence-electron chi connectivity index (χ2n) is 12.6. The molecule has 9 heteroatoms. The highest BCUT2D eigenvalue weighted by Gasteiger charge is 2.35. The minimum atomic E-state index is -1.45. The zero-order valence-corrected chi connectivity index (χ0v) is 26.5. The van der Waals surface area contributed by atoms with Crippen molar-refractivity contribution in [1.82, 2.24) is 14.5 Å². The van der Waals surface area contributed by atoms with E-state index >= 15 is 0 Å². The van der Waals surface area contributed by atoms with Crippen molar-refractivity contribution >= 4 is 33.5 Å². The van der Waals surface area contributed by atoms with Crippen LogP contribution in [0.25, 0.3) is 22.0 Å². The molecule has 0 aliphatic carbocycles. The molecule has 1 unspecified atom stereocenters. The lowest BCUT2D eigenvalue weighted by molar-refractivity contribution is -0.146. The Labute approximate surface area is 260 Å². The van der Waals surface area contributed by atoms with Crippen molar-refractivity contribution in [2.45, 2.75) is 63.8 Å². The number of nitrogens with two attached hydrogens (primary N) is 1. The van der Waals surface area contributed by atoms with Crippen LogP contribution in [0.5, 0.6) is 5.75 Å². The molecule has 228 valence electrons. The van der Waals surface area contributed by atoms with E-state index in [1.165, 1.54) is 0 Å². The van der Waals surface area contributed by atoms with Crippen LogP contribution in [0.15, 0.2) is 90.1 Å². The summed E-state index contributed by atoms with van der Waals surface area (Å²) >= 11 is 0. The molecule has 0 amide bonds. The largest absolute Gasteiger partial charge is 0.487 e. The highest BCUT2D eigenvalue weighted by atomic mass is 32.2. The molecule has 0 radical (unpaired) electrons. The lowest BCUT2D eigenvalue weighted by atomic mass is 9.88. The molecule has 2 aromatic carbocycles. The predicted octanol–water partition coefficient (Wildman–Crippen LogP) is 6.87. The van der Waals surface area contributed by atoms with Crippen molar-refractivity contribution < 1.29 is 18.8 Å². The van der Waals surface area contributed by atoms with E-state index in [9.17, 15) is 14.1 Å². The summed E-state index contributed by atoms with van der Waals surface area (Å²) < 4.78 is 21.9. The Morgan fingerprint density at radius 1 is 0.955 bits per heavy atom. The van der Waals surface area contributed by atoms with Crippen LogP contribution in [0.1, 0.15) is 51.6 Å². The van der Waals surface area contributed by atoms with E-state index in [-0.39, 0.29) is 6.42 Å². The number of carboxylic acids is 1. The number of benzene rings is 2. The Bertz CT molecular complexity index is 1810. The number of carbonyl (C=O) groups is 1. The van der Waals surface area contributed by atoms with Crippen molar-refractivity contribution in [2.75, 3.05) is 5.73 Å². The van der Waals surface area contributed by atoms with E-state index < -0.39 is 26.9 Å². The topological polar surface area (TPSA) is 120 Å². The number of nitrogen functional groups attached to an aromatic ring is 1. The number of pyridine rings is 2. The second-order valence-corrected chi connectivity index (χ2v) is 14.7. The van der Waals surface area contributed by atoms with Crippen LogP contribution < -0.4 is 10.5 Å². The number of carboxylic acid groups (broad SMARTS) is 1. The molecule has 3 heterocycles. The number of fused-ring (bicyclic) bond motifs is 1. The number of aromatic nitrogens is 3. The molecule has 0 fully saturated rings. The third kappa shape index (κ3) is 6.68. The van der Waals surface area contributed by atoms with Gasteiger partial charge < -0.3 is 20.1 Å². The Balaban J connectivity index is 1.62. The number of anilines is 1. The number of rotatable bonds is 10. The Morgan fingerprint density at radius 3 is 2.30 bits per heavy atom. The summed E-state index contributed by atoms with van der Waals surface area (Å²) in [6, 6.07) is 23.3. The van der Waals surface area contributed by atoms with Crippen molar-refractivity contribution in [2.24, 2.45) is 5.41 Å². The van der Waals surface area contributed by atoms with Gasteiger partial charge in [-0.25, -0.2) is 4.98 Å². The molecule has 5 rings (SSSR count). The maximum atomic E-state index is 14.2. The Morgan fingerprint density at radius 2 is 1.68 bits per heavy atom. The van der Waals surface area contributed by atoms with Crippen LogP contribution in [0, 0.1) is 5.41 Å². The van der Waals surface area contributed by atoms with Crippen LogP contribution in [-0.2, 0) is 35.2 Å². The maximum Gasteiger partial charge on any atom is 0.309 e. The van der Waals surface area contributed by atoms with Crippen LogP contribution in [0.4, 0.5) is 5.82 Å². The van der Waals surface area contributed by atoms with Gasteiger partial charge in [0.05, 0.1) is 32.3 Å². The van der Waals surface area contributed by atoms with Gasteiger partial charge in [-0.15, -0.1) is 0 Å². The summed E-state index contributed by atoms with van der Waals surface area (Å²) in [5.74, 6) is 0.177. The first-order chi connectivity index (χ1) is 20.8. The van der Waals surface area contributed by atoms with Crippen LogP contribution in [0.3, 0.4) is 0 Å². The third-order valence-corrected chi connectivity index (χ3v) is 9.49. The van der Waals surface area contributed by atoms with Crippen LogP contribution >= 0.6 is 0 Å². The molecule has 1 atom stereocenters. The minimum Gasteiger partial charge on any atom is -0.487 e. The van der Waals surface area contributed by atoms with Gasteiger partial charge in [0.1, 0.15) is 18.2 Å². The number of hydrogen-bond donors (Lipinski definition) is 2. The van der Waals surface area contributed by atoms with Crippen molar-refractivity contribution in [1.29, 1.82) is 0 Å². The first kappa shape index (κ1) is 30.9. The van der Waals surface area contributed by atoms with E-state index in [1.54, 1.807) is 32.3 Å². The SMILES string of the molecule is CC(C)(Cc1c(S(=O)C(C)(C)C)c2cc(OCc3ccccn3)ccc2n1Cc1ccc(-c2ccc(N)nc2)cc1)C(=O)O. The van der Waals surface area contributed by atoms with Crippen molar-refractivity contribution in [3.05, 3.63) is 102 Å². The van der Waals surface area contributed by atoms with E-state index in [1.807, 2.05) is 87.5 Å². The number of aliphatic carboxylic acids is 1. The molecule has 0 saturated heterocycles. The Hall–Kier alpha value is -4.50. The number of nitrogens with zero attached hydrogens (tertiary/aromatic N) is 3. The molecule has 44 heavy (non-hydrogen) atoms. The fraction of sp³-hybridized carbons (Fsp3) is 0.286. The van der Waals surface area contributed by atoms with Gasteiger partial charge in [0.2, 0.25) is 0 Å². The van der Waals surface area contributed by atoms with Gasteiger partial charge in [-0.3, -0.25) is 14.0 Å². The second kappa shape index (κ2) is 12.2. The summed E-state index contributed by atoms with van der Waals surface area (Å²) in [6.45, 7) is 9.98. The zero-order chi connectivity index (χ0) is 31.6. The van der Waals surface area contributed by atoms with Gasteiger partial charge in [0.25, 0.3) is 0 Å². The van der Waals surface area contributed by atoms with E-state index in [2.05, 4.69) is 14.5 Å². The monoisotopic (exact) mass is 610 g/mol. The average molecular weight is 611 g/mol. The molecule has 0 aliphatic heterocycles. The molecule has 3 N–H and O–H groups in total. The van der Waals surface area contributed by atoms with Crippen LogP contribution in [0.2, 0.25) is 0 Å². The summed E-state index contributed by atoms with van der Waals surface area (Å²) in [6.07, 6.45) is 3.67. The average Bonchev–Trinajstić information content (AvgIpc) is 3.27. The molecule has 0 saturated carbocycles. The van der Waals surface area contributed by atoms with Crippen molar-refractivity contribution in [3.8, 4) is 16.9 Å². The molecule has 0 spiro atoms. The smallest absolute Gasteiger partial charge is 0.309 e. The predicted molar refractivity (Wildman–Crippen MR) is 175 cm³/mol. The van der Waals surface area contributed by atoms with Gasteiger partial charge in [-0.1, -0.05) is 30.3 Å². The van der Waals surface area contributed by atoms with E-state index in [0.717, 1.165) is 39.0 Å². The lowest BCUT2D eigenvalue weighted by Gasteiger charge is -2.24. The molecule has 8 nitrogen and oxygen atoms in total. The standard InChI is InChI=1S/C35H38N4O4S/c1-34(2,3)44(42)32-28-18-27(43-22-26-8-6-7-17-37-26)14-15-29(28)39(30(32)19-35(4,5)33(40)41)21-23-9-11-24(12-10-23)25-13-16-31(36)38-20-25/h6-18,20H,19,21-22H2,1-5H3,(H2,36,38)(H,40,41). The fourth-order valence-electron chi connectivity index (χ4n) is 5.01. The van der Waals surface area contributed by atoms with Gasteiger partial charge >= 0.3 is 5.97 Å². The number of ether oxygens (including phenoxy) is 1. The lowest BCUT2D eigenvalue weighted by Crippen LogP contribution is -2.29. The highest BCUT2D eigenvalue weighted by Crippen LogP contribution is 2.39. The number of hydrogen-bond acceptors (Lipinski definition) is 6. The zero-order valence-electron chi connectivity index (χ0n) is 25.7. The minimum absolute atomic E-state index is 0.202. The summed E-state index contributed by atoms with van der Waals surface area (Å²) in [7, 11) is -1.45. The van der Waals surface area contributed by atoms with Crippen LogP contribution in [-0.4, -0.2) is 34.6 Å². The van der Waals surface area contributed by atoms with Gasteiger partial charge in [-0.2, -0.15) is 0 Å². The van der Waals surface area contributed by atoms with Gasteiger partial charge in [0.15, 0.2) is 0 Å². The first-order valence-electron chi connectivity index (χ1n) is 14.5. The molecule has 0 aliphatic rings. The quantitative estimate of drug-likeness (QED) is 0.177. The first-order valence-corrected chi connectivity index (χ1v) is 15.6. The fourth-order valence-corrected chi connectivity index (χ4v) is 6.38. The Kier molecular flexibility index (Phi) is 8.61. The van der Waals surface area contributed by atoms with E-state index in [0.29, 0.717) is 29.6 Å². The van der Waals surface area contributed by atoms with Gasteiger partial charge in [-0.05, 0) is 88.2 Å². The van der Waals surface area contributed by atoms with Crippen molar-refractivity contribution in [3.63, 3.8) is 0 Å². The summed E-state index contributed by atoms with van der Waals surface area (Å²) in [4.78, 5) is 21.5. The van der Waals surface area contributed by atoms with Gasteiger partial charge in [0, 0.05) is 46.7 Å². The molecule has 0 bridgehead atoms. The molecule has 3 aromatic heterocycles. The third-order valence-electron chi connectivity index (χ3n) is 7.55. The highest BCUT2D eigenvalue weighted by molar-refractivity contribution is 7.86. The molecular formula is C35H38N4O4S. The molecule has 5 aromatic rings. The maximum absolute atomic E-state index is 14.2. The van der Waals surface area contributed by atoms with E-state index in [4.69, 9.17) is 10.5 Å². The summed E-state index contributed by atoms with van der Waals surface area (Å²) in [5.41, 5.74) is 10.1. The summed E-state index contributed by atoms with van der Waals surface area (Å²) in [5, 5.41) is 10.9.